The number of aryl methyl sites for hydroxylation is 2. The molecule has 0 aliphatic heterocycles. The standard InChI is InChI=1S/C14H18F3NO2S/c1-9-4-5-12(6-10(9)2)7-21(20)11(3)13(19)18-8-14(15,16)17/h4-6,11H,7-8H2,1-3H3,(H,18,19)/t11-,21-/m0/s1. The van der Waals surface area contributed by atoms with Crippen LogP contribution in [0, 0.1) is 13.8 Å². The Morgan fingerprint density at radius 3 is 2.43 bits per heavy atom. The van der Waals surface area contributed by atoms with E-state index >= 15 is 0 Å². The van der Waals surface area contributed by atoms with Gasteiger partial charge in [0.1, 0.15) is 11.8 Å². The zero-order valence-corrected chi connectivity index (χ0v) is 12.9. The summed E-state index contributed by atoms with van der Waals surface area (Å²) < 4.78 is 48.1. The number of hydrogen-bond donors (Lipinski definition) is 1. The highest BCUT2D eigenvalue weighted by Crippen LogP contribution is 2.14. The fourth-order valence-corrected chi connectivity index (χ4v) is 2.71. The van der Waals surface area contributed by atoms with E-state index in [0.29, 0.717) is 0 Å². The SMILES string of the molecule is Cc1ccc(C[S@](=O)[C@@H](C)C(=O)NCC(F)(F)F)cc1C. The zero-order chi connectivity index (χ0) is 16.2. The third kappa shape index (κ3) is 5.87. The molecule has 21 heavy (non-hydrogen) atoms. The van der Waals surface area contributed by atoms with Crippen molar-refractivity contribution < 1.29 is 22.2 Å². The molecule has 0 saturated carbocycles. The molecule has 0 bridgehead atoms. The molecule has 3 nitrogen and oxygen atoms in total. The molecular formula is C14H18F3NO2S. The second kappa shape index (κ2) is 7.06. The van der Waals surface area contributed by atoms with Gasteiger partial charge in [0.25, 0.3) is 0 Å². The molecule has 1 aromatic rings. The summed E-state index contributed by atoms with van der Waals surface area (Å²) in [7, 11) is -1.57. The van der Waals surface area contributed by atoms with Crippen LogP contribution in [-0.4, -0.2) is 28.1 Å². The van der Waals surface area contributed by atoms with Gasteiger partial charge in [-0.15, -0.1) is 0 Å². The summed E-state index contributed by atoms with van der Waals surface area (Å²) >= 11 is 0. The first-order chi connectivity index (χ1) is 9.60. The summed E-state index contributed by atoms with van der Waals surface area (Å²) in [5.41, 5.74) is 2.94. The van der Waals surface area contributed by atoms with Crippen LogP contribution >= 0.6 is 0 Å². The van der Waals surface area contributed by atoms with Crippen molar-refractivity contribution in [3.05, 3.63) is 34.9 Å². The van der Waals surface area contributed by atoms with Crippen LogP contribution in [0.2, 0.25) is 0 Å². The molecule has 7 heteroatoms. The maximum absolute atomic E-state index is 12.0. The molecule has 0 spiro atoms. The topological polar surface area (TPSA) is 46.2 Å². The zero-order valence-electron chi connectivity index (χ0n) is 12.1. The molecular weight excluding hydrogens is 303 g/mol. The number of benzene rings is 1. The number of halogens is 3. The summed E-state index contributed by atoms with van der Waals surface area (Å²) in [6, 6.07) is 5.56. The van der Waals surface area contributed by atoms with E-state index in [1.54, 1.807) is 11.4 Å². The third-order valence-corrected chi connectivity index (χ3v) is 4.73. The third-order valence-electron chi connectivity index (χ3n) is 3.11. The number of nitrogens with one attached hydrogen (secondary N) is 1. The number of carbonyl (C=O) groups excluding carboxylic acids is 1. The van der Waals surface area contributed by atoms with Crippen molar-refractivity contribution in [2.24, 2.45) is 0 Å². The van der Waals surface area contributed by atoms with E-state index in [0.717, 1.165) is 16.7 Å². The quantitative estimate of drug-likeness (QED) is 0.906. The minimum Gasteiger partial charge on any atom is -0.346 e. The summed E-state index contributed by atoms with van der Waals surface area (Å²) in [5, 5.41) is 0.761. The lowest BCUT2D eigenvalue weighted by Crippen LogP contribution is -2.40. The molecule has 1 aromatic carbocycles. The van der Waals surface area contributed by atoms with Crippen molar-refractivity contribution in [1.82, 2.24) is 5.32 Å². The summed E-state index contributed by atoms with van der Waals surface area (Å²) in [4.78, 5) is 11.5. The Kier molecular flexibility index (Phi) is 5.95. The Bertz CT molecular complexity index is 544. The van der Waals surface area contributed by atoms with E-state index in [4.69, 9.17) is 0 Å². The van der Waals surface area contributed by atoms with Crippen molar-refractivity contribution in [3.63, 3.8) is 0 Å². The first kappa shape index (κ1) is 17.7. The van der Waals surface area contributed by atoms with Crippen LogP contribution in [0.1, 0.15) is 23.6 Å². The van der Waals surface area contributed by atoms with Crippen LogP contribution in [0.25, 0.3) is 0 Å². The van der Waals surface area contributed by atoms with Crippen LogP contribution in [0.15, 0.2) is 18.2 Å². The molecule has 118 valence electrons. The fourth-order valence-electron chi connectivity index (χ4n) is 1.63. The molecule has 2 atom stereocenters. The molecule has 0 aliphatic rings. The highest BCUT2D eigenvalue weighted by molar-refractivity contribution is 7.85. The van der Waals surface area contributed by atoms with Crippen molar-refractivity contribution in [3.8, 4) is 0 Å². The van der Waals surface area contributed by atoms with Crippen LogP contribution in [-0.2, 0) is 21.3 Å². The lowest BCUT2D eigenvalue weighted by atomic mass is 10.1. The Balaban J connectivity index is 2.61. The van der Waals surface area contributed by atoms with Crippen molar-refractivity contribution >= 4 is 16.7 Å². The maximum atomic E-state index is 12.0. The molecule has 0 aliphatic carbocycles. The van der Waals surface area contributed by atoms with Crippen LogP contribution in [0.3, 0.4) is 0 Å². The Morgan fingerprint density at radius 2 is 1.90 bits per heavy atom. The fraction of sp³-hybridized carbons (Fsp3) is 0.500. The van der Waals surface area contributed by atoms with Gasteiger partial charge in [-0.25, -0.2) is 0 Å². The second-order valence-electron chi connectivity index (χ2n) is 4.92. The van der Waals surface area contributed by atoms with Gasteiger partial charge in [-0.05, 0) is 37.5 Å². The largest absolute Gasteiger partial charge is 0.405 e. The first-order valence-electron chi connectivity index (χ1n) is 6.38. The molecule has 1 rings (SSSR count). The first-order valence-corrected chi connectivity index (χ1v) is 7.76. The van der Waals surface area contributed by atoms with Crippen LogP contribution < -0.4 is 5.32 Å². The molecule has 0 radical (unpaired) electrons. The smallest absolute Gasteiger partial charge is 0.346 e. The number of alkyl halides is 3. The van der Waals surface area contributed by atoms with Crippen molar-refractivity contribution in [1.29, 1.82) is 0 Å². The van der Waals surface area contributed by atoms with Gasteiger partial charge in [0, 0.05) is 16.6 Å². The molecule has 0 saturated heterocycles. The second-order valence-corrected chi connectivity index (χ2v) is 6.68. The number of amides is 1. The monoisotopic (exact) mass is 321 g/mol. The van der Waals surface area contributed by atoms with Crippen LogP contribution in [0.5, 0.6) is 0 Å². The van der Waals surface area contributed by atoms with Gasteiger partial charge in [-0.3, -0.25) is 9.00 Å². The lowest BCUT2D eigenvalue weighted by Gasteiger charge is -2.14. The number of hydrogen-bond acceptors (Lipinski definition) is 2. The van der Waals surface area contributed by atoms with Crippen molar-refractivity contribution in [2.45, 2.75) is 38.0 Å². The molecule has 1 amide bonds. The average Bonchev–Trinajstić information content (AvgIpc) is 2.38. The minimum atomic E-state index is -4.47. The van der Waals surface area contributed by atoms with Gasteiger partial charge in [0.15, 0.2) is 0 Å². The molecule has 0 unspecified atom stereocenters. The Labute approximate surface area is 124 Å². The lowest BCUT2D eigenvalue weighted by molar-refractivity contribution is -0.137. The van der Waals surface area contributed by atoms with Crippen molar-refractivity contribution in [2.75, 3.05) is 6.54 Å². The molecule has 1 N–H and O–H groups in total. The minimum absolute atomic E-state index is 0.141. The van der Waals surface area contributed by atoms with Gasteiger partial charge in [-0.2, -0.15) is 13.2 Å². The van der Waals surface area contributed by atoms with E-state index in [-0.39, 0.29) is 5.75 Å². The predicted octanol–water partition coefficient (Wildman–Crippen LogP) is 2.62. The van der Waals surface area contributed by atoms with Gasteiger partial charge in [0.05, 0.1) is 0 Å². The number of carbonyl (C=O) groups is 1. The summed E-state index contributed by atoms with van der Waals surface area (Å²) in [6.07, 6.45) is -4.47. The van der Waals surface area contributed by atoms with E-state index in [1.165, 1.54) is 6.92 Å². The number of rotatable bonds is 5. The summed E-state index contributed by atoms with van der Waals surface area (Å²) in [5.74, 6) is -0.712. The van der Waals surface area contributed by atoms with Gasteiger partial charge < -0.3 is 5.32 Å². The van der Waals surface area contributed by atoms with Gasteiger partial charge >= 0.3 is 6.18 Å². The average molecular weight is 321 g/mol. The van der Waals surface area contributed by atoms with Gasteiger partial charge in [0.2, 0.25) is 5.91 Å². The van der Waals surface area contributed by atoms with E-state index in [1.807, 2.05) is 26.0 Å². The van der Waals surface area contributed by atoms with Gasteiger partial charge in [-0.1, -0.05) is 18.2 Å². The predicted molar refractivity (Wildman–Crippen MR) is 76.3 cm³/mol. The normalized spacial score (nSPS) is 14.6. The Hall–Kier alpha value is -1.37. The molecule has 0 heterocycles. The Morgan fingerprint density at radius 1 is 1.29 bits per heavy atom. The highest BCUT2D eigenvalue weighted by atomic mass is 32.2. The van der Waals surface area contributed by atoms with E-state index < -0.39 is 34.7 Å². The van der Waals surface area contributed by atoms with E-state index in [9.17, 15) is 22.2 Å². The van der Waals surface area contributed by atoms with Crippen LogP contribution in [0.4, 0.5) is 13.2 Å². The maximum Gasteiger partial charge on any atom is 0.405 e. The highest BCUT2D eigenvalue weighted by Gasteiger charge is 2.29. The molecule has 0 aromatic heterocycles. The molecule has 0 fully saturated rings. The summed E-state index contributed by atoms with van der Waals surface area (Å²) in [6.45, 7) is 3.82. The van der Waals surface area contributed by atoms with E-state index in [2.05, 4.69) is 0 Å².